The molecule has 1 amide bonds. The summed E-state index contributed by atoms with van der Waals surface area (Å²) < 4.78 is 1.72. The van der Waals surface area contributed by atoms with Gasteiger partial charge in [-0.1, -0.05) is 19.9 Å². The lowest BCUT2D eigenvalue weighted by atomic mass is 9.93. The van der Waals surface area contributed by atoms with Crippen molar-refractivity contribution in [3.05, 3.63) is 35.0 Å². The monoisotopic (exact) mass is 290 g/mol. The molecule has 0 aromatic carbocycles. The zero-order valence-electron chi connectivity index (χ0n) is 11.7. The molecule has 5 nitrogen and oxygen atoms in total. The summed E-state index contributed by atoms with van der Waals surface area (Å²) in [5.41, 5.74) is -0.307. The van der Waals surface area contributed by atoms with E-state index in [4.69, 9.17) is 0 Å². The molecule has 3 rings (SSSR count). The van der Waals surface area contributed by atoms with Crippen LogP contribution in [0.3, 0.4) is 0 Å². The van der Waals surface area contributed by atoms with E-state index in [1.165, 1.54) is 11.2 Å². The van der Waals surface area contributed by atoms with E-state index in [1.54, 1.807) is 22.3 Å². The fraction of sp³-hybridized carbons (Fsp3) is 0.500. The Morgan fingerprint density at radius 2 is 2.35 bits per heavy atom. The first kappa shape index (κ1) is 13.3. The minimum absolute atomic E-state index is 0.0369. The molecule has 0 spiro atoms. The third-order valence-corrected chi connectivity index (χ3v) is 5.19. The Kier molecular flexibility index (Phi) is 3.12. The number of nitrogens with one attached hydrogen (secondary N) is 1. The quantitative estimate of drug-likeness (QED) is 0.914. The predicted molar refractivity (Wildman–Crippen MR) is 77.4 cm³/mol. The first-order chi connectivity index (χ1) is 9.56. The summed E-state index contributed by atoms with van der Waals surface area (Å²) in [4.78, 5) is 17.7. The standard InChI is InChI=1S/C14H18N4OS/c1-13(2)8-14(13,11-4-3-7-20-11)12(19)16-5-6-18-10-15-9-17-18/h3-4,7,9-10H,5-6,8H2,1-2H3,(H,16,19). The van der Waals surface area contributed by atoms with Crippen LogP contribution in [0.2, 0.25) is 0 Å². The summed E-state index contributed by atoms with van der Waals surface area (Å²) in [6, 6.07) is 4.08. The number of aromatic nitrogens is 3. The highest BCUT2D eigenvalue weighted by molar-refractivity contribution is 7.10. The first-order valence-corrected chi connectivity index (χ1v) is 7.59. The Bertz CT molecular complexity index is 591. The zero-order valence-corrected chi connectivity index (χ0v) is 12.5. The van der Waals surface area contributed by atoms with Crippen molar-refractivity contribution in [2.45, 2.75) is 32.2 Å². The van der Waals surface area contributed by atoms with Crippen molar-refractivity contribution < 1.29 is 4.79 Å². The summed E-state index contributed by atoms with van der Waals surface area (Å²) in [5.74, 6) is 0.130. The molecular formula is C14H18N4OS. The summed E-state index contributed by atoms with van der Waals surface area (Å²) >= 11 is 1.67. The number of nitrogens with zero attached hydrogens (tertiary/aromatic N) is 3. The van der Waals surface area contributed by atoms with Crippen LogP contribution >= 0.6 is 11.3 Å². The van der Waals surface area contributed by atoms with Gasteiger partial charge in [0.05, 0.1) is 12.0 Å². The maximum absolute atomic E-state index is 12.6. The molecule has 2 heterocycles. The van der Waals surface area contributed by atoms with Gasteiger partial charge in [-0.25, -0.2) is 4.98 Å². The molecule has 1 aliphatic rings. The van der Waals surface area contributed by atoms with Crippen LogP contribution in [0.25, 0.3) is 0 Å². The van der Waals surface area contributed by atoms with Crippen molar-refractivity contribution in [3.8, 4) is 0 Å². The minimum atomic E-state index is -0.344. The topological polar surface area (TPSA) is 59.8 Å². The smallest absolute Gasteiger partial charge is 0.232 e. The molecule has 6 heteroatoms. The molecule has 0 aliphatic heterocycles. The third kappa shape index (κ3) is 2.04. The van der Waals surface area contributed by atoms with Gasteiger partial charge < -0.3 is 5.32 Å². The number of carbonyl (C=O) groups is 1. The van der Waals surface area contributed by atoms with Crippen molar-refractivity contribution in [1.29, 1.82) is 0 Å². The highest BCUT2D eigenvalue weighted by Crippen LogP contribution is 2.65. The zero-order chi connectivity index (χ0) is 14.2. The van der Waals surface area contributed by atoms with Gasteiger partial charge in [0.25, 0.3) is 0 Å². The number of rotatable bonds is 5. The van der Waals surface area contributed by atoms with Crippen molar-refractivity contribution in [3.63, 3.8) is 0 Å². The van der Waals surface area contributed by atoms with E-state index in [2.05, 4.69) is 35.3 Å². The van der Waals surface area contributed by atoms with Crippen LogP contribution in [0, 0.1) is 5.41 Å². The molecule has 2 aromatic rings. The van der Waals surface area contributed by atoms with E-state index in [0.717, 1.165) is 6.42 Å². The second-order valence-electron chi connectivity index (χ2n) is 5.86. The van der Waals surface area contributed by atoms with Gasteiger partial charge in [0.15, 0.2) is 0 Å². The summed E-state index contributed by atoms with van der Waals surface area (Å²) in [5, 5.41) is 9.11. The van der Waals surface area contributed by atoms with Crippen LogP contribution in [0.5, 0.6) is 0 Å². The molecule has 1 unspecified atom stereocenters. The van der Waals surface area contributed by atoms with E-state index in [-0.39, 0.29) is 16.7 Å². The van der Waals surface area contributed by atoms with Gasteiger partial charge in [0.1, 0.15) is 12.7 Å². The van der Waals surface area contributed by atoms with Crippen molar-refractivity contribution >= 4 is 17.2 Å². The van der Waals surface area contributed by atoms with Gasteiger partial charge in [-0.15, -0.1) is 11.3 Å². The molecule has 2 aromatic heterocycles. The molecule has 1 N–H and O–H groups in total. The minimum Gasteiger partial charge on any atom is -0.353 e. The molecule has 1 aliphatic carbocycles. The molecule has 106 valence electrons. The van der Waals surface area contributed by atoms with Gasteiger partial charge in [-0.3, -0.25) is 9.48 Å². The van der Waals surface area contributed by atoms with Crippen LogP contribution in [0.1, 0.15) is 25.1 Å². The maximum atomic E-state index is 12.6. The predicted octanol–water partition coefficient (Wildman–Crippen LogP) is 1.82. The molecule has 0 saturated heterocycles. The Labute approximate surface area is 122 Å². The van der Waals surface area contributed by atoms with Gasteiger partial charge in [0.2, 0.25) is 5.91 Å². The van der Waals surface area contributed by atoms with Crippen molar-refractivity contribution in [2.75, 3.05) is 6.54 Å². The normalized spacial score (nSPS) is 23.5. The molecule has 20 heavy (non-hydrogen) atoms. The average molecular weight is 290 g/mol. The molecule has 1 saturated carbocycles. The lowest BCUT2D eigenvalue weighted by Gasteiger charge is -2.18. The number of hydrogen-bond acceptors (Lipinski definition) is 4. The average Bonchev–Trinajstić information content (AvgIpc) is 2.93. The van der Waals surface area contributed by atoms with Crippen molar-refractivity contribution in [1.82, 2.24) is 20.1 Å². The Morgan fingerprint density at radius 3 is 2.90 bits per heavy atom. The molecule has 1 atom stereocenters. The number of amides is 1. The van der Waals surface area contributed by atoms with Crippen molar-refractivity contribution in [2.24, 2.45) is 5.41 Å². The van der Waals surface area contributed by atoms with E-state index in [9.17, 15) is 4.79 Å². The fourth-order valence-corrected chi connectivity index (χ4v) is 3.95. The molecule has 0 radical (unpaired) electrons. The summed E-state index contributed by atoms with van der Waals surface area (Å²) in [7, 11) is 0. The molecule has 0 bridgehead atoms. The Hall–Kier alpha value is -1.69. The number of thiophene rings is 1. The summed E-state index contributed by atoms with van der Waals surface area (Å²) in [6.07, 6.45) is 4.07. The number of carbonyl (C=O) groups excluding carboxylic acids is 1. The largest absolute Gasteiger partial charge is 0.353 e. The van der Waals surface area contributed by atoms with Crippen LogP contribution in [-0.4, -0.2) is 27.2 Å². The maximum Gasteiger partial charge on any atom is 0.232 e. The Balaban J connectivity index is 1.66. The van der Waals surface area contributed by atoms with E-state index < -0.39 is 0 Å². The van der Waals surface area contributed by atoms with Gasteiger partial charge in [-0.2, -0.15) is 5.10 Å². The number of hydrogen-bond donors (Lipinski definition) is 1. The van der Waals surface area contributed by atoms with Crippen LogP contribution in [-0.2, 0) is 16.8 Å². The van der Waals surface area contributed by atoms with Crippen LogP contribution in [0.15, 0.2) is 30.2 Å². The fourth-order valence-electron chi connectivity index (χ4n) is 2.84. The third-order valence-electron chi connectivity index (χ3n) is 4.16. The molecule has 1 fully saturated rings. The molecular weight excluding hydrogens is 272 g/mol. The van der Waals surface area contributed by atoms with E-state index in [0.29, 0.717) is 13.1 Å². The lowest BCUT2D eigenvalue weighted by Crippen LogP contribution is -2.38. The van der Waals surface area contributed by atoms with Gasteiger partial charge in [0, 0.05) is 11.4 Å². The van der Waals surface area contributed by atoms with Crippen LogP contribution < -0.4 is 5.32 Å². The van der Waals surface area contributed by atoms with Gasteiger partial charge >= 0.3 is 0 Å². The highest BCUT2D eigenvalue weighted by Gasteiger charge is 2.67. The van der Waals surface area contributed by atoms with Gasteiger partial charge in [-0.05, 0) is 23.3 Å². The Morgan fingerprint density at radius 1 is 1.55 bits per heavy atom. The highest BCUT2D eigenvalue weighted by atomic mass is 32.1. The SMILES string of the molecule is CC1(C)CC1(C(=O)NCCn1cncn1)c1cccs1. The first-order valence-electron chi connectivity index (χ1n) is 6.71. The van der Waals surface area contributed by atoms with E-state index in [1.807, 2.05) is 11.4 Å². The summed E-state index contributed by atoms with van der Waals surface area (Å²) in [6.45, 7) is 5.53. The van der Waals surface area contributed by atoms with Crippen LogP contribution in [0.4, 0.5) is 0 Å². The second kappa shape index (κ2) is 4.70. The lowest BCUT2D eigenvalue weighted by molar-refractivity contribution is -0.124. The van der Waals surface area contributed by atoms with E-state index >= 15 is 0 Å². The second-order valence-corrected chi connectivity index (χ2v) is 6.81.